The van der Waals surface area contributed by atoms with Crippen molar-refractivity contribution in [2.24, 2.45) is 0 Å². The molecule has 3 heteroatoms. The first-order valence-corrected chi connectivity index (χ1v) is 6.83. The van der Waals surface area contributed by atoms with Gasteiger partial charge < -0.3 is 9.80 Å². The summed E-state index contributed by atoms with van der Waals surface area (Å²) in [7, 11) is 2.20. The first-order valence-electron chi connectivity index (χ1n) is 6.29. The molecule has 0 radical (unpaired) electrons. The summed E-state index contributed by atoms with van der Waals surface area (Å²) in [5.41, 5.74) is 3.92. The Balaban J connectivity index is 2.15. The van der Waals surface area contributed by atoms with E-state index in [1.165, 1.54) is 29.8 Å². The Kier molecular flexibility index (Phi) is 4.30. The van der Waals surface area contributed by atoms with Crippen molar-refractivity contribution in [2.75, 3.05) is 38.1 Å². The third-order valence-electron chi connectivity index (χ3n) is 3.48. The molecule has 2 nitrogen and oxygen atoms in total. The molecule has 0 unspecified atom stereocenters. The van der Waals surface area contributed by atoms with Crippen molar-refractivity contribution in [1.82, 2.24) is 4.90 Å². The lowest BCUT2D eigenvalue weighted by atomic mass is 10.1. The van der Waals surface area contributed by atoms with Crippen LogP contribution < -0.4 is 4.90 Å². The van der Waals surface area contributed by atoms with Gasteiger partial charge in [-0.05, 0) is 44.1 Å². The van der Waals surface area contributed by atoms with Crippen LogP contribution in [0, 0.1) is 6.92 Å². The highest BCUT2D eigenvalue weighted by Gasteiger charge is 2.14. The van der Waals surface area contributed by atoms with Gasteiger partial charge in [-0.2, -0.15) is 0 Å². The highest BCUT2D eigenvalue weighted by atomic mass is 35.5. The Morgan fingerprint density at radius 3 is 2.71 bits per heavy atom. The van der Waals surface area contributed by atoms with E-state index in [4.69, 9.17) is 11.6 Å². The Bertz CT molecular complexity index is 378. The van der Waals surface area contributed by atoms with Crippen molar-refractivity contribution >= 4 is 17.3 Å². The second kappa shape index (κ2) is 5.74. The van der Waals surface area contributed by atoms with Gasteiger partial charge in [0.25, 0.3) is 0 Å². The van der Waals surface area contributed by atoms with E-state index in [0.717, 1.165) is 19.6 Å². The highest BCUT2D eigenvalue weighted by Crippen LogP contribution is 2.23. The minimum atomic E-state index is 0.601. The number of alkyl halides is 1. The summed E-state index contributed by atoms with van der Waals surface area (Å²) in [6.45, 7) is 6.81. The van der Waals surface area contributed by atoms with E-state index in [1.54, 1.807) is 0 Å². The Morgan fingerprint density at radius 1 is 1.18 bits per heavy atom. The van der Waals surface area contributed by atoms with Gasteiger partial charge in [0, 0.05) is 31.2 Å². The second-order valence-corrected chi connectivity index (χ2v) is 5.17. The number of rotatable bonds is 2. The average Bonchev–Trinajstić information content (AvgIpc) is 2.54. The number of aryl methyl sites for hydroxylation is 1. The van der Waals surface area contributed by atoms with Crippen molar-refractivity contribution in [3.63, 3.8) is 0 Å². The smallest absolute Gasteiger partial charge is 0.0474 e. The first-order chi connectivity index (χ1) is 8.20. The van der Waals surface area contributed by atoms with Gasteiger partial charge in [-0.3, -0.25) is 0 Å². The van der Waals surface area contributed by atoms with Crippen LogP contribution in [0.3, 0.4) is 0 Å². The number of nitrogens with zero attached hydrogens (tertiary/aromatic N) is 2. The van der Waals surface area contributed by atoms with Crippen LogP contribution in [0.1, 0.15) is 17.5 Å². The zero-order chi connectivity index (χ0) is 12.3. The van der Waals surface area contributed by atoms with Gasteiger partial charge in [-0.15, -0.1) is 11.6 Å². The van der Waals surface area contributed by atoms with Gasteiger partial charge >= 0.3 is 0 Å². The molecule has 1 aliphatic heterocycles. The van der Waals surface area contributed by atoms with Gasteiger partial charge in [0.05, 0.1) is 0 Å². The standard InChI is InChI=1S/C14H21ClN2/c1-12-10-13(11-15)4-5-14(12)17-7-3-6-16(2)8-9-17/h4-5,10H,3,6-9,11H2,1-2H3. The molecule has 1 heterocycles. The molecular formula is C14H21ClN2. The fraction of sp³-hybridized carbons (Fsp3) is 0.571. The Hall–Kier alpha value is -0.730. The van der Waals surface area contributed by atoms with Crippen LogP contribution in [-0.4, -0.2) is 38.1 Å². The summed E-state index contributed by atoms with van der Waals surface area (Å²) in [6, 6.07) is 6.57. The Labute approximate surface area is 109 Å². The van der Waals surface area contributed by atoms with Crippen LogP contribution >= 0.6 is 11.6 Å². The predicted molar refractivity (Wildman–Crippen MR) is 75.1 cm³/mol. The molecule has 2 rings (SSSR count). The molecule has 17 heavy (non-hydrogen) atoms. The van der Waals surface area contributed by atoms with Crippen molar-refractivity contribution in [3.8, 4) is 0 Å². The summed E-state index contributed by atoms with van der Waals surface area (Å²) in [5, 5.41) is 0. The number of hydrogen-bond donors (Lipinski definition) is 0. The van der Waals surface area contributed by atoms with Gasteiger partial charge in [0.15, 0.2) is 0 Å². The van der Waals surface area contributed by atoms with Crippen LogP contribution in [0.4, 0.5) is 5.69 Å². The minimum absolute atomic E-state index is 0.601. The molecule has 0 saturated carbocycles. The number of hydrogen-bond acceptors (Lipinski definition) is 2. The van der Waals surface area contributed by atoms with Crippen LogP contribution in [0.5, 0.6) is 0 Å². The summed E-state index contributed by atoms with van der Waals surface area (Å²) in [5.74, 6) is 0.601. The maximum atomic E-state index is 5.86. The molecule has 1 fully saturated rings. The lowest BCUT2D eigenvalue weighted by Crippen LogP contribution is -2.29. The molecule has 1 aliphatic rings. The van der Waals surface area contributed by atoms with E-state index >= 15 is 0 Å². The van der Waals surface area contributed by atoms with E-state index in [2.05, 4.69) is 42.0 Å². The fourth-order valence-electron chi connectivity index (χ4n) is 2.44. The largest absolute Gasteiger partial charge is 0.370 e. The van der Waals surface area contributed by atoms with Gasteiger partial charge in [0.2, 0.25) is 0 Å². The molecule has 94 valence electrons. The maximum absolute atomic E-state index is 5.86. The molecule has 1 aromatic rings. The fourth-order valence-corrected chi connectivity index (χ4v) is 2.61. The molecule has 0 atom stereocenters. The Morgan fingerprint density at radius 2 is 2.00 bits per heavy atom. The monoisotopic (exact) mass is 252 g/mol. The summed E-state index contributed by atoms with van der Waals surface area (Å²) in [6.07, 6.45) is 1.24. The number of anilines is 1. The molecule has 0 N–H and O–H groups in total. The molecule has 0 aliphatic carbocycles. The van der Waals surface area contributed by atoms with Crippen molar-refractivity contribution in [2.45, 2.75) is 19.2 Å². The third-order valence-corrected chi connectivity index (χ3v) is 3.78. The van der Waals surface area contributed by atoms with E-state index in [-0.39, 0.29) is 0 Å². The first kappa shape index (κ1) is 12.7. The summed E-state index contributed by atoms with van der Waals surface area (Å²) < 4.78 is 0. The molecule has 1 aromatic carbocycles. The maximum Gasteiger partial charge on any atom is 0.0474 e. The highest BCUT2D eigenvalue weighted by molar-refractivity contribution is 6.17. The molecular weight excluding hydrogens is 232 g/mol. The minimum Gasteiger partial charge on any atom is -0.370 e. The molecule has 0 amide bonds. The molecule has 0 spiro atoms. The van der Waals surface area contributed by atoms with Crippen LogP contribution in [0.2, 0.25) is 0 Å². The summed E-state index contributed by atoms with van der Waals surface area (Å²) in [4.78, 5) is 4.90. The van der Waals surface area contributed by atoms with Crippen molar-refractivity contribution in [1.29, 1.82) is 0 Å². The zero-order valence-corrected chi connectivity index (χ0v) is 11.5. The lowest BCUT2D eigenvalue weighted by molar-refractivity contribution is 0.360. The van der Waals surface area contributed by atoms with E-state index < -0.39 is 0 Å². The third kappa shape index (κ3) is 3.14. The van der Waals surface area contributed by atoms with Crippen molar-refractivity contribution < 1.29 is 0 Å². The normalized spacial score (nSPS) is 18.2. The predicted octanol–water partition coefficient (Wildman–Crippen LogP) is 2.88. The topological polar surface area (TPSA) is 6.48 Å². The number of benzene rings is 1. The van der Waals surface area contributed by atoms with E-state index in [9.17, 15) is 0 Å². The van der Waals surface area contributed by atoms with E-state index in [0.29, 0.717) is 5.88 Å². The van der Waals surface area contributed by atoms with Gasteiger partial charge in [-0.25, -0.2) is 0 Å². The molecule has 0 bridgehead atoms. The zero-order valence-electron chi connectivity index (χ0n) is 10.7. The number of likely N-dealkylation sites (N-methyl/N-ethyl adjacent to an activating group) is 1. The average molecular weight is 253 g/mol. The quantitative estimate of drug-likeness (QED) is 0.747. The summed E-state index contributed by atoms with van der Waals surface area (Å²) >= 11 is 5.86. The molecule has 1 saturated heterocycles. The van der Waals surface area contributed by atoms with Crippen LogP contribution in [0.15, 0.2) is 18.2 Å². The van der Waals surface area contributed by atoms with Gasteiger partial charge in [0.1, 0.15) is 0 Å². The lowest BCUT2D eigenvalue weighted by Gasteiger charge is -2.25. The van der Waals surface area contributed by atoms with Crippen LogP contribution in [-0.2, 0) is 5.88 Å². The van der Waals surface area contributed by atoms with E-state index in [1.807, 2.05) is 0 Å². The number of halogens is 1. The van der Waals surface area contributed by atoms with Crippen molar-refractivity contribution in [3.05, 3.63) is 29.3 Å². The SMILES string of the molecule is Cc1cc(CCl)ccc1N1CCCN(C)CC1. The van der Waals surface area contributed by atoms with Gasteiger partial charge in [-0.1, -0.05) is 12.1 Å². The second-order valence-electron chi connectivity index (χ2n) is 4.90. The molecule has 0 aromatic heterocycles. The van der Waals surface area contributed by atoms with Crippen LogP contribution in [0.25, 0.3) is 0 Å².